The van der Waals surface area contributed by atoms with Gasteiger partial charge in [-0.2, -0.15) is 0 Å². The third kappa shape index (κ3) is 4.53. The molecule has 0 bridgehead atoms. The van der Waals surface area contributed by atoms with Crippen molar-refractivity contribution in [2.45, 2.75) is 19.4 Å². The number of nitrogens with zero attached hydrogens (tertiary/aromatic N) is 1. The lowest BCUT2D eigenvalue weighted by atomic mass is 9.96. The highest BCUT2D eigenvalue weighted by atomic mass is 35.5. The number of carbonyl (C=O) groups excluding carboxylic acids is 1. The Hall–Kier alpha value is -1.50. The van der Waals surface area contributed by atoms with Crippen LogP contribution in [-0.2, 0) is 16.1 Å². The number of benzene rings is 1. The SMILES string of the molecule is COCCN(Cc1ccc2c(c1)OCO2)C(=O)C1CCNCC1.Cl. The van der Waals surface area contributed by atoms with E-state index >= 15 is 0 Å². The average Bonchev–Trinajstić information content (AvgIpc) is 3.06. The zero-order valence-electron chi connectivity index (χ0n) is 14.0. The van der Waals surface area contributed by atoms with Crippen molar-refractivity contribution >= 4 is 18.3 Å². The van der Waals surface area contributed by atoms with E-state index in [1.54, 1.807) is 7.11 Å². The molecule has 0 radical (unpaired) electrons. The molecular formula is C17H25ClN2O4. The summed E-state index contributed by atoms with van der Waals surface area (Å²) in [6.07, 6.45) is 1.81. The second kappa shape index (κ2) is 9.11. The van der Waals surface area contributed by atoms with Crippen molar-refractivity contribution in [2.24, 2.45) is 5.92 Å². The van der Waals surface area contributed by atoms with Crippen LogP contribution in [0.5, 0.6) is 11.5 Å². The number of piperidine rings is 1. The Morgan fingerprint density at radius 1 is 1.29 bits per heavy atom. The second-order valence-electron chi connectivity index (χ2n) is 5.96. The fourth-order valence-electron chi connectivity index (χ4n) is 3.06. The van der Waals surface area contributed by atoms with E-state index in [-0.39, 0.29) is 31.0 Å². The lowest BCUT2D eigenvalue weighted by Crippen LogP contribution is -2.42. The Morgan fingerprint density at radius 2 is 2.04 bits per heavy atom. The van der Waals surface area contributed by atoms with E-state index in [2.05, 4.69) is 5.32 Å². The van der Waals surface area contributed by atoms with Crippen molar-refractivity contribution in [2.75, 3.05) is 40.1 Å². The minimum atomic E-state index is 0. The molecule has 1 amide bonds. The van der Waals surface area contributed by atoms with Crippen molar-refractivity contribution in [1.82, 2.24) is 10.2 Å². The van der Waals surface area contributed by atoms with Crippen LogP contribution in [0, 0.1) is 5.92 Å². The number of hydrogen-bond donors (Lipinski definition) is 1. The maximum Gasteiger partial charge on any atom is 0.231 e. The standard InChI is InChI=1S/C17H24N2O4.ClH/c1-21-9-8-19(17(20)14-4-6-18-7-5-14)11-13-2-3-15-16(10-13)23-12-22-15;/h2-3,10,14,18H,4-9,11-12H2,1H3;1H. The van der Waals surface area contributed by atoms with Gasteiger partial charge in [-0.25, -0.2) is 0 Å². The van der Waals surface area contributed by atoms with Gasteiger partial charge in [0.1, 0.15) is 0 Å². The van der Waals surface area contributed by atoms with E-state index in [0.717, 1.165) is 43.0 Å². The summed E-state index contributed by atoms with van der Waals surface area (Å²) < 4.78 is 15.9. The van der Waals surface area contributed by atoms with Gasteiger partial charge < -0.3 is 24.4 Å². The summed E-state index contributed by atoms with van der Waals surface area (Å²) in [5, 5.41) is 3.30. The molecule has 3 rings (SSSR count). The largest absolute Gasteiger partial charge is 0.454 e. The Kier molecular flexibility index (Phi) is 7.15. The molecule has 1 N–H and O–H groups in total. The number of methoxy groups -OCH3 is 1. The molecule has 2 aliphatic heterocycles. The molecule has 1 saturated heterocycles. The molecule has 0 atom stereocenters. The first kappa shape index (κ1) is 18.8. The highest BCUT2D eigenvalue weighted by Gasteiger charge is 2.26. The molecule has 1 aromatic carbocycles. The Balaban J connectivity index is 0.00000208. The summed E-state index contributed by atoms with van der Waals surface area (Å²) in [5.74, 6) is 1.86. The minimum absolute atomic E-state index is 0. The third-order valence-electron chi connectivity index (χ3n) is 4.38. The minimum Gasteiger partial charge on any atom is -0.454 e. The number of rotatable bonds is 6. The van der Waals surface area contributed by atoms with Crippen molar-refractivity contribution in [1.29, 1.82) is 0 Å². The highest BCUT2D eigenvalue weighted by Crippen LogP contribution is 2.33. The molecule has 1 fully saturated rings. The molecular weight excluding hydrogens is 332 g/mol. The lowest BCUT2D eigenvalue weighted by molar-refractivity contribution is -0.137. The van der Waals surface area contributed by atoms with Gasteiger partial charge in [0.15, 0.2) is 11.5 Å². The number of nitrogens with one attached hydrogen (secondary N) is 1. The summed E-state index contributed by atoms with van der Waals surface area (Å²) in [5.41, 5.74) is 1.05. The number of amides is 1. The van der Waals surface area contributed by atoms with Crippen LogP contribution in [-0.4, -0.2) is 51.0 Å². The molecule has 0 aliphatic carbocycles. The van der Waals surface area contributed by atoms with E-state index in [1.807, 2.05) is 23.1 Å². The summed E-state index contributed by atoms with van der Waals surface area (Å²) in [6, 6.07) is 5.85. The molecule has 0 spiro atoms. The summed E-state index contributed by atoms with van der Waals surface area (Å²) in [7, 11) is 1.66. The van der Waals surface area contributed by atoms with E-state index in [0.29, 0.717) is 19.7 Å². The van der Waals surface area contributed by atoms with E-state index in [4.69, 9.17) is 14.2 Å². The number of ether oxygens (including phenoxy) is 3. The van der Waals surface area contributed by atoms with Crippen LogP contribution in [0.3, 0.4) is 0 Å². The van der Waals surface area contributed by atoms with Gasteiger partial charge in [0.25, 0.3) is 0 Å². The maximum absolute atomic E-state index is 12.8. The molecule has 0 aromatic heterocycles. The van der Waals surface area contributed by atoms with Gasteiger partial charge in [-0.05, 0) is 43.6 Å². The first-order valence-corrected chi connectivity index (χ1v) is 8.15. The molecule has 6 nitrogen and oxygen atoms in total. The molecule has 2 heterocycles. The van der Waals surface area contributed by atoms with Crippen molar-refractivity contribution in [3.05, 3.63) is 23.8 Å². The van der Waals surface area contributed by atoms with Crippen LogP contribution in [0.15, 0.2) is 18.2 Å². The smallest absolute Gasteiger partial charge is 0.231 e. The van der Waals surface area contributed by atoms with Gasteiger partial charge in [-0.3, -0.25) is 4.79 Å². The molecule has 134 valence electrons. The Labute approximate surface area is 148 Å². The summed E-state index contributed by atoms with van der Waals surface area (Å²) in [4.78, 5) is 14.7. The highest BCUT2D eigenvalue weighted by molar-refractivity contribution is 5.85. The van der Waals surface area contributed by atoms with Crippen LogP contribution in [0.2, 0.25) is 0 Å². The zero-order chi connectivity index (χ0) is 16.1. The van der Waals surface area contributed by atoms with Gasteiger partial charge in [0, 0.05) is 26.1 Å². The van der Waals surface area contributed by atoms with Gasteiger partial charge in [-0.1, -0.05) is 6.07 Å². The molecule has 1 aromatic rings. The van der Waals surface area contributed by atoms with Crippen LogP contribution in [0.1, 0.15) is 18.4 Å². The molecule has 0 unspecified atom stereocenters. The first-order valence-electron chi connectivity index (χ1n) is 8.15. The second-order valence-corrected chi connectivity index (χ2v) is 5.96. The lowest BCUT2D eigenvalue weighted by Gasteiger charge is -2.29. The number of hydrogen-bond acceptors (Lipinski definition) is 5. The zero-order valence-corrected chi connectivity index (χ0v) is 14.8. The van der Waals surface area contributed by atoms with Gasteiger partial charge in [0.2, 0.25) is 12.7 Å². The van der Waals surface area contributed by atoms with Crippen molar-refractivity contribution < 1.29 is 19.0 Å². The number of carbonyl (C=O) groups is 1. The van der Waals surface area contributed by atoms with Gasteiger partial charge in [0.05, 0.1) is 6.61 Å². The number of fused-ring (bicyclic) bond motifs is 1. The van der Waals surface area contributed by atoms with Crippen LogP contribution in [0.25, 0.3) is 0 Å². The maximum atomic E-state index is 12.8. The predicted molar refractivity (Wildman–Crippen MR) is 92.7 cm³/mol. The monoisotopic (exact) mass is 356 g/mol. The van der Waals surface area contributed by atoms with Crippen LogP contribution in [0.4, 0.5) is 0 Å². The molecule has 7 heteroatoms. The summed E-state index contributed by atoms with van der Waals surface area (Å²) in [6.45, 7) is 3.81. The number of halogens is 1. The molecule has 24 heavy (non-hydrogen) atoms. The Morgan fingerprint density at radius 3 is 2.79 bits per heavy atom. The van der Waals surface area contributed by atoms with E-state index in [1.165, 1.54) is 0 Å². The van der Waals surface area contributed by atoms with Crippen LogP contribution < -0.4 is 14.8 Å². The fourth-order valence-corrected chi connectivity index (χ4v) is 3.06. The third-order valence-corrected chi connectivity index (χ3v) is 4.38. The molecule has 0 saturated carbocycles. The first-order chi connectivity index (χ1) is 11.3. The van der Waals surface area contributed by atoms with E-state index in [9.17, 15) is 4.79 Å². The van der Waals surface area contributed by atoms with Crippen molar-refractivity contribution in [3.63, 3.8) is 0 Å². The molecule has 2 aliphatic rings. The average molecular weight is 357 g/mol. The topological polar surface area (TPSA) is 60.0 Å². The summed E-state index contributed by atoms with van der Waals surface area (Å²) >= 11 is 0. The predicted octanol–water partition coefficient (Wildman–Crippen LogP) is 1.81. The van der Waals surface area contributed by atoms with Crippen molar-refractivity contribution in [3.8, 4) is 11.5 Å². The van der Waals surface area contributed by atoms with Gasteiger partial charge in [-0.15, -0.1) is 12.4 Å². The quantitative estimate of drug-likeness (QED) is 0.842. The normalized spacial score (nSPS) is 16.5. The van der Waals surface area contributed by atoms with Crippen LogP contribution >= 0.6 is 12.4 Å². The van der Waals surface area contributed by atoms with Gasteiger partial charge >= 0.3 is 0 Å². The van der Waals surface area contributed by atoms with E-state index < -0.39 is 0 Å². The Bertz CT molecular complexity index is 549. The fraction of sp³-hybridized carbons (Fsp3) is 0.588.